The average Bonchev–Trinajstić information content (AvgIpc) is 1.73. The van der Waals surface area contributed by atoms with E-state index in [1.54, 1.807) is 6.92 Å². The lowest BCUT2D eigenvalue weighted by atomic mass is 10.0. The van der Waals surface area contributed by atoms with Crippen LogP contribution >= 0.6 is 0 Å². The summed E-state index contributed by atoms with van der Waals surface area (Å²) in [5, 5.41) is 0. The zero-order valence-corrected chi connectivity index (χ0v) is 4.61. The van der Waals surface area contributed by atoms with Crippen molar-refractivity contribution < 1.29 is 4.79 Å². The summed E-state index contributed by atoms with van der Waals surface area (Å²) in [6.07, 6.45) is 0.444. The summed E-state index contributed by atoms with van der Waals surface area (Å²) in [5.74, 6) is 0. The Balaban J connectivity index is 0. The summed E-state index contributed by atoms with van der Waals surface area (Å²) in [6.45, 7) is 7.72. The molecular formula is C5H9BO. The van der Waals surface area contributed by atoms with Crippen molar-refractivity contribution >= 4 is 13.5 Å². The molecule has 0 aliphatic heterocycles. The zero-order chi connectivity index (χ0) is 6.28. The Kier molecular flexibility index (Phi) is 12.6. The third kappa shape index (κ3) is 30.4. The summed E-state index contributed by atoms with van der Waals surface area (Å²) in [7, 11) is 4.65. The number of carbonyl (C=O) groups excluding carboxylic acids is 1. The van der Waals surface area contributed by atoms with Gasteiger partial charge in [0.05, 0.1) is 5.68 Å². The second-order valence-corrected chi connectivity index (χ2v) is 0.820. The van der Waals surface area contributed by atoms with Gasteiger partial charge in [0.25, 0.3) is 0 Å². The lowest BCUT2D eigenvalue weighted by Crippen LogP contribution is -1.88. The van der Waals surface area contributed by atoms with Gasteiger partial charge in [-0.05, 0) is 6.42 Å². The molecule has 0 atom stereocenters. The Morgan fingerprint density at radius 1 is 1.71 bits per heavy atom. The minimum atomic E-state index is -0.245. The first-order chi connectivity index (χ1) is 3.27. The SMILES string of the molecule is C=C.[B]C(=O)CC. The van der Waals surface area contributed by atoms with Crippen LogP contribution < -0.4 is 0 Å². The molecule has 0 aromatic rings. The monoisotopic (exact) mass is 96.1 g/mol. The Labute approximate surface area is 45.8 Å². The first-order valence-corrected chi connectivity index (χ1v) is 2.05. The molecule has 0 bridgehead atoms. The minimum Gasteiger partial charge on any atom is -0.313 e. The van der Waals surface area contributed by atoms with Crippen LogP contribution in [-0.4, -0.2) is 13.5 Å². The van der Waals surface area contributed by atoms with Crippen molar-refractivity contribution in [1.29, 1.82) is 0 Å². The molecule has 0 heterocycles. The van der Waals surface area contributed by atoms with Crippen molar-refractivity contribution in [3.05, 3.63) is 13.2 Å². The normalized spacial score (nSPS) is 5.86. The van der Waals surface area contributed by atoms with E-state index in [1.807, 2.05) is 0 Å². The van der Waals surface area contributed by atoms with Gasteiger partial charge in [-0.3, -0.25) is 0 Å². The van der Waals surface area contributed by atoms with E-state index in [4.69, 9.17) is 0 Å². The molecule has 0 aliphatic rings. The molecule has 0 spiro atoms. The molecule has 0 rings (SSSR count). The van der Waals surface area contributed by atoms with Gasteiger partial charge in [0.15, 0.2) is 7.85 Å². The molecule has 0 aromatic heterocycles. The summed E-state index contributed by atoms with van der Waals surface area (Å²) in [6, 6.07) is 0. The van der Waals surface area contributed by atoms with Gasteiger partial charge in [0, 0.05) is 0 Å². The van der Waals surface area contributed by atoms with Crippen molar-refractivity contribution in [2.24, 2.45) is 0 Å². The molecule has 0 aliphatic carbocycles. The fraction of sp³-hybridized carbons (Fsp3) is 0.400. The van der Waals surface area contributed by atoms with Gasteiger partial charge >= 0.3 is 0 Å². The molecule has 0 fully saturated rings. The van der Waals surface area contributed by atoms with Gasteiger partial charge in [-0.15, -0.1) is 13.2 Å². The highest BCUT2D eigenvalue weighted by atomic mass is 16.1. The van der Waals surface area contributed by atoms with Crippen molar-refractivity contribution in [3.8, 4) is 0 Å². The van der Waals surface area contributed by atoms with Crippen LogP contribution in [0.4, 0.5) is 0 Å². The molecule has 2 radical (unpaired) electrons. The second kappa shape index (κ2) is 9.08. The number of rotatable bonds is 1. The summed E-state index contributed by atoms with van der Waals surface area (Å²) in [5.41, 5.74) is -0.245. The maximum Gasteiger partial charge on any atom is 0.167 e. The predicted molar refractivity (Wildman–Crippen MR) is 32.3 cm³/mol. The van der Waals surface area contributed by atoms with Crippen LogP contribution in [0.25, 0.3) is 0 Å². The summed E-state index contributed by atoms with van der Waals surface area (Å²) in [4.78, 5) is 9.59. The van der Waals surface area contributed by atoms with Crippen molar-refractivity contribution in [3.63, 3.8) is 0 Å². The lowest BCUT2D eigenvalue weighted by Gasteiger charge is -1.72. The third-order valence-electron chi connectivity index (χ3n) is 0.348. The van der Waals surface area contributed by atoms with Crippen LogP contribution in [0.5, 0.6) is 0 Å². The maximum absolute atomic E-state index is 9.59. The summed E-state index contributed by atoms with van der Waals surface area (Å²) >= 11 is 0. The molecular weight excluding hydrogens is 86.9 g/mol. The zero-order valence-electron chi connectivity index (χ0n) is 4.61. The fourth-order valence-electron chi connectivity index (χ4n) is 0. The smallest absolute Gasteiger partial charge is 0.167 e. The number of hydrogen-bond acceptors (Lipinski definition) is 1. The van der Waals surface area contributed by atoms with Gasteiger partial charge in [-0.25, -0.2) is 0 Å². The Bertz CT molecular complexity index is 52.0. The Morgan fingerprint density at radius 2 is 1.86 bits per heavy atom. The van der Waals surface area contributed by atoms with E-state index in [2.05, 4.69) is 21.0 Å². The first kappa shape index (κ1) is 9.69. The predicted octanol–water partition coefficient (Wildman–Crippen LogP) is 0.894. The van der Waals surface area contributed by atoms with Gasteiger partial charge in [0.1, 0.15) is 0 Å². The molecule has 0 unspecified atom stereocenters. The summed E-state index contributed by atoms with van der Waals surface area (Å²) < 4.78 is 0. The highest BCUT2D eigenvalue weighted by Crippen LogP contribution is 1.66. The molecule has 0 N–H and O–H groups in total. The van der Waals surface area contributed by atoms with E-state index in [0.29, 0.717) is 6.42 Å². The van der Waals surface area contributed by atoms with Gasteiger partial charge in [-0.2, -0.15) is 0 Å². The van der Waals surface area contributed by atoms with Crippen LogP contribution in [0, 0.1) is 0 Å². The van der Waals surface area contributed by atoms with Crippen LogP contribution in [0.3, 0.4) is 0 Å². The molecule has 2 heteroatoms. The maximum atomic E-state index is 9.59. The molecule has 38 valence electrons. The van der Waals surface area contributed by atoms with Crippen LogP contribution in [0.1, 0.15) is 13.3 Å². The van der Waals surface area contributed by atoms with E-state index < -0.39 is 0 Å². The molecule has 0 amide bonds. The van der Waals surface area contributed by atoms with Crippen LogP contribution in [0.2, 0.25) is 0 Å². The van der Waals surface area contributed by atoms with Crippen molar-refractivity contribution in [1.82, 2.24) is 0 Å². The molecule has 0 aromatic carbocycles. The van der Waals surface area contributed by atoms with E-state index in [0.717, 1.165) is 0 Å². The standard InChI is InChI=1S/C3H5BO.C2H4/c1-2-3(4)5;1-2/h2H2,1H3;1-2H2. The van der Waals surface area contributed by atoms with Crippen LogP contribution in [0.15, 0.2) is 13.2 Å². The van der Waals surface area contributed by atoms with Gasteiger partial charge in [-0.1, -0.05) is 6.92 Å². The number of hydrogen-bond donors (Lipinski definition) is 0. The van der Waals surface area contributed by atoms with Gasteiger partial charge in [0.2, 0.25) is 0 Å². The molecule has 7 heavy (non-hydrogen) atoms. The van der Waals surface area contributed by atoms with E-state index in [9.17, 15) is 4.79 Å². The van der Waals surface area contributed by atoms with Crippen LogP contribution in [-0.2, 0) is 4.79 Å². The largest absolute Gasteiger partial charge is 0.313 e. The number of carbonyl (C=O) groups is 1. The molecule has 1 nitrogen and oxygen atoms in total. The highest BCUT2D eigenvalue weighted by molar-refractivity contribution is 6.57. The van der Waals surface area contributed by atoms with E-state index in [1.165, 1.54) is 0 Å². The Hall–Kier alpha value is -0.525. The quantitative estimate of drug-likeness (QED) is 0.350. The Morgan fingerprint density at radius 3 is 1.86 bits per heavy atom. The second-order valence-electron chi connectivity index (χ2n) is 0.820. The average molecular weight is 95.9 g/mol. The first-order valence-electron chi connectivity index (χ1n) is 2.05. The molecule has 0 saturated heterocycles. The van der Waals surface area contributed by atoms with Crippen molar-refractivity contribution in [2.45, 2.75) is 13.3 Å². The van der Waals surface area contributed by atoms with E-state index >= 15 is 0 Å². The van der Waals surface area contributed by atoms with Crippen molar-refractivity contribution in [2.75, 3.05) is 0 Å². The third-order valence-corrected chi connectivity index (χ3v) is 0.348. The van der Waals surface area contributed by atoms with E-state index in [-0.39, 0.29) is 5.68 Å². The topological polar surface area (TPSA) is 17.1 Å². The molecule has 0 saturated carbocycles. The lowest BCUT2D eigenvalue weighted by molar-refractivity contribution is -0.111. The highest BCUT2D eigenvalue weighted by Gasteiger charge is 1.76. The fourth-order valence-corrected chi connectivity index (χ4v) is 0. The minimum absolute atomic E-state index is 0.245. The van der Waals surface area contributed by atoms with Gasteiger partial charge < -0.3 is 4.79 Å².